The summed E-state index contributed by atoms with van der Waals surface area (Å²) in [6.07, 6.45) is 2.15. The van der Waals surface area contributed by atoms with Crippen LogP contribution in [-0.2, 0) is 9.53 Å². The number of anilines is 1. The van der Waals surface area contributed by atoms with Crippen molar-refractivity contribution >= 4 is 33.5 Å². The summed E-state index contributed by atoms with van der Waals surface area (Å²) in [7, 11) is 0. The lowest BCUT2D eigenvalue weighted by Crippen LogP contribution is -2.20. The fraction of sp³-hybridized carbons (Fsp3) is 0.429. The maximum atomic E-state index is 12.0. The topological polar surface area (TPSA) is 75.6 Å². The summed E-state index contributed by atoms with van der Waals surface area (Å²) in [6.45, 7) is 2.38. The Morgan fingerprint density at radius 3 is 2.85 bits per heavy atom. The van der Waals surface area contributed by atoms with E-state index in [1.165, 1.54) is 6.07 Å². The van der Waals surface area contributed by atoms with Gasteiger partial charge in [-0.25, -0.2) is 4.79 Å². The fourth-order valence-electron chi connectivity index (χ4n) is 2.24. The van der Waals surface area contributed by atoms with Crippen LogP contribution in [0.5, 0.6) is 0 Å². The minimum Gasteiger partial charge on any atom is -0.478 e. The maximum absolute atomic E-state index is 12.0. The van der Waals surface area contributed by atoms with Crippen LogP contribution in [0.2, 0.25) is 0 Å². The number of ether oxygens (including phenoxy) is 1. The molecule has 2 rings (SSSR count). The second kappa shape index (κ2) is 6.37. The number of halogens is 1. The van der Waals surface area contributed by atoms with Gasteiger partial charge in [0.2, 0.25) is 5.91 Å². The Balaban J connectivity index is 2.12. The predicted molar refractivity (Wildman–Crippen MR) is 78.1 cm³/mol. The molecule has 0 spiro atoms. The van der Waals surface area contributed by atoms with Gasteiger partial charge in [0.1, 0.15) is 0 Å². The van der Waals surface area contributed by atoms with Crippen LogP contribution in [0.3, 0.4) is 0 Å². The summed E-state index contributed by atoms with van der Waals surface area (Å²) in [5, 5.41) is 11.9. The third-order valence-corrected chi connectivity index (χ3v) is 3.77. The number of carbonyl (C=O) groups is 2. The summed E-state index contributed by atoms with van der Waals surface area (Å²) >= 11 is 3.25. The molecule has 1 aromatic rings. The fourth-order valence-corrected chi connectivity index (χ4v) is 2.70. The van der Waals surface area contributed by atoms with Crippen LogP contribution < -0.4 is 5.32 Å². The first-order chi connectivity index (χ1) is 9.47. The van der Waals surface area contributed by atoms with Crippen LogP contribution in [0.1, 0.15) is 35.2 Å². The van der Waals surface area contributed by atoms with Crippen LogP contribution in [0.4, 0.5) is 5.69 Å². The third kappa shape index (κ3) is 3.58. The molecule has 1 saturated heterocycles. The number of aromatic carboxylic acids is 1. The van der Waals surface area contributed by atoms with Crippen LogP contribution in [-0.4, -0.2) is 29.7 Å². The number of nitrogens with one attached hydrogen (secondary N) is 1. The summed E-state index contributed by atoms with van der Waals surface area (Å²) < 4.78 is 6.03. The van der Waals surface area contributed by atoms with Gasteiger partial charge in [0.25, 0.3) is 0 Å². The van der Waals surface area contributed by atoms with Gasteiger partial charge >= 0.3 is 5.97 Å². The van der Waals surface area contributed by atoms with E-state index in [9.17, 15) is 9.59 Å². The quantitative estimate of drug-likeness (QED) is 0.882. The van der Waals surface area contributed by atoms with E-state index in [-0.39, 0.29) is 17.6 Å². The highest BCUT2D eigenvalue weighted by atomic mass is 79.9. The largest absolute Gasteiger partial charge is 0.478 e. The van der Waals surface area contributed by atoms with Crippen LogP contribution >= 0.6 is 15.9 Å². The van der Waals surface area contributed by atoms with Crippen molar-refractivity contribution in [3.8, 4) is 0 Å². The molecule has 0 saturated carbocycles. The molecule has 2 N–H and O–H groups in total. The molecule has 0 radical (unpaired) electrons. The van der Waals surface area contributed by atoms with Crippen molar-refractivity contribution in [3.05, 3.63) is 27.7 Å². The number of hydrogen-bond donors (Lipinski definition) is 2. The van der Waals surface area contributed by atoms with E-state index in [0.717, 1.165) is 12.8 Å². The molecule has 1 heterocycles. The minimum atomic E-state index is -1.02. The molecule has 108 valence electrons. The van der Waals surface area contributed by atoms with Crippen molar-refractivity contribution in [2.24, 2.45) is 0 Å². The molecule has 0 bridgehead atoms. The standard InChI is InChI=1S/C14H16BrNO4/c1-8-11(14(18)19)5-9(15)6-12(8)16-13(17)7-10-3-2-4-20-10/h5-6,10H,2-4,7H2,1H3,(H,16,17)(H,18,19)/t10-/m1/s1. The number of carbonyl (C=O) groups excluding carboxylic acids is 1. The highest BCUT2D eigenvalue weighted by Gasteiger charge is 2.20. The highest BCUT2D eigenvalue weighted by molar-refractivity contribution is 9.10. The zero-order chi connectivity index (χ0) is 14.7. The summed E-state index contributed by atoms with van der Waals surface area (Å²) in [5.74, 6) is -1.17. The summed E-state index contributed by atoms with van der Waals surface area (Å²) in [6, 6.07) is 3.22. The molecular formula is C14H16BrNO4. The first kappa shape index (κ1) is 15.0. The van der Waals surface area contributed by atoms with Gasteiger partial charge in [-0.3, -0.25) is 4.79 Å². The smallest absolute Gasteiger partial charge is 0.336 e. The van der Waals surface area contributed by atoms with Crippen molar-refractivity contribution in [3.63, 3.8) is 0 Å². The molecule has 1 atom stereocenters. The van der Waals surface area contributed by atoms with E-state index >= 15 is 0 Å². The normalized spacial score (nSPS) is 18.0. The van der Waals surface area contributed by atoms with Gasteiger partial charge < -0.3 is 15.2 Å². The van der Waals surface area contributed by atoms with E-state index in [1.54, 1.807) is 13.0 Å². The molecule has 1 aliphatic heterocycles. The molecule has 20 heavy (non-hydrogen) atoms. The van der Waals surface area contributed by atoms with E-state index in [2.05, 4.69) is 21.2 Å². The van der Waals surface area contributed by atoms with Crippen molar-refractivity contribution in [1.82, 2.24) is 0 Å². The Morgan fingerprint density at radius 1 is 1.50 bits per heavy atom. The van der Waals surface area contributed by atoms with Crippen LogP contribution in [0.15, 0.2) is 16.6 Å². The van der Waals surface area contributed by atoms with E-state index in [0.29, 0.717) is 28.8 Å². The Hall–Kier alpha value is -1.40. The molecule has 0 unspecified atom stereocenters. The molecular weight excluding hydrogens is 326 g/mol. The van der Waals surface area contributed by atoms with E-state index < -0.39 is 5.97 Å². The second-order valence-corrected chi connectivity index (χ2v) is 5.73. The monoisotopic (exact) mass is 341 g/mol. The molecule has 1 fully saturated rings. The average Bonchev–Trinajstić information content (AvgIpc) is 2.85. The number of amides is 1. The number of hydrogen-bond acceptors (Lipinski definition) is 3. The van der Waals surface area contributed by atoms with Crippen molar-refractivity contribution in [2.75, 3.05) is 11.9 Å². The molecule has 0 aromatic heterocycles. The molecule has 1 aliphatic rings. The first-order valence-corrected chi connectivity index (χ1v) is 7.21. The van der Waals surface area contributed by atoms with E-state index in [1.807, 2.05) is 0 Å². The Bertz CT molecular complexity index is 538. The van der Waals surface area contributed by atoms with Gasteiger partial charge in [0.15, 0.2) is 0 Å². The predicted octanol–water partition coefficient (Wildman–Crippen LogP) is 2.96. The molecule has 1 aromatic carbocycles. The lowest BCUT2D eigenvalue weighted by molar-refractivity contribution is -0.118. The zero-order valence-corrected chi connectivity index (χ0v) is 12.7. The van der Waals surface area contributed by atoms with Gasteiger partial charge in [0.05, 0.1) is 18.1 Å². The number of carboxylic acids is 1. The van der Waals surface area contributed by atoms with Gasteiger partial charge in [-0.05, 0) is 37.5 Å². The second-order valence-electron chi connectivity index (χ2n) is 4.82. The summed E-state index contributed by atoms with van der Waals surface area (Å²) in [4.78, 5) is 23.1. The van der Waals surface area contributed by atoms with Crippen molar-refractivity contribution in [2.45, 2.75) is 32.3 Å². The lowest BCUT2D eigenvalue weighted by Gasteiger charge is -2.13. The van der Waals surface area contributed by atoms with Gasteiger partial charge in [-0.1, -0.05) is 15.9 Å². The average molecular weight is 342 g/mol. The first-order valence-electron chi connectivity index (χ1n) is 6.42. The Kier molecular flexibility index (Phi) is 4.77. The highest BCUT2D eigenvalue weighted by Crippen LogP contribution is 2.26. The number of benzene rings is 1. The molecule has 5 nitrogen and oxygen atoms in total. The summed E-state index contributed by atoms with van der Waals surface area (Å²) in [5.41, 5.74) is 1.23. The zero-order valence-electron chi connectivity index (χ0n) is 11.1. The van der Waals surface area contributed by atoms with Gasteiger partial charge in [-0.15, -0.1) is 0 Å². The third-order valence-electron chi connectivity index (χ3n) is 3.31. The SMILES string of the molecule is Cc1c(NC(=O)C[C@H]2CCCO2)cc(Br)cc1C(=O)O. The maximum Gasteiger partial charge on any atom is 0.336 e. The minimum absolute atomic E-state index is 0.0265. The number of carboxylic acid groups (broad SMARTS) is 1. The van der Waals surface area contributed by atoms with Crippen molar-refractivity contribution < 1.29 is 19.4 Å². The molecule has 0 aliphatic carbocycles. The lowest BCUT2D eigenvalue weighted by atomic mass is 10.1. The van der Waals surface area contributed by atoms with Crippen LogP contribution in [0.25, 0.3) is 0 Å². The van der Waals surface area contributed by atoms with Crippen LogP contribution in [0, 0.1) is 6.92 Å². The number of rotatable bonds is 4. The molecule has 1 amide bonds. The molecule has 6 heteroatoms. The Morgan fingerprint density at radius 2 is 2.25 bits per heavy atom. The van der Waals surface area contributed by atoms with Crippen molar-refractivity contribution in [1.29, 1.82) is 0 Å². The van der Waals surface area contributed by atoms with E-state index in [4.69, 9.17) is 9.84 Å². The van der Waals surface area contributed by atoms with Gasteiger partial charge in [-0.2, -0.15) is 0 Å². The Labute approximate surface area is 125 Å². The van der Waals surface area contributed by atoms with Gasteiger partial charge in [0, 0.05) is 16.8 Å².